The van der Waals surface area contributed by atoms with Crippen LogP contribution in [0.2, 0.25) is 5.02 Å². The van der Waals surface area contributed by atoms with E-state index < -0.39 is 0 Å². The maximum Gasteiger partial charge on any atom is 0.125 e. The number of hydrogen-bond acceptors (Lipinski definition) is 1. The van der Waals surface area contributed by atoms with Crippen molar-refractivity contribution < 1.29 is 4.39 Å². The van der Waals surface area contributed by atoms with E-state index in [1.54, 1.807) is 6.07 Å². The van der Waals surface area contributed by atoms with Gasteiger partial charge in [-0.25, -0.2) is 4.39 Å². The van der Waals surface area contributed by atoms with Gasteiger partial charge in [0.25, 0.3) is 0 Å². The van der Waals surface area contributed by atoms with Crippen LogP contribution in [0.25, 0.3) is 0 Å². The van der Waals surface area contributed by atoms with Crippen molar-refractivity contribution in [2.75, 3.05) is 0 Å². The van der Waals surface area contributed by atoms with Gasteiger partial charge in [-0.2, -0.15) is 0 Å². The van der Waals surface area contributed by atoms with Gasteiger partial charge in [-0.05, 0) is 42.3 Å². The van der Waals surface area contributed by atoms with E-state index in [0.717, 1.165) is 10.0 Å². The normalized spacial score (nSPS) is 12.4. The van der Waals surface area contributed by atoms with E-state index >= 15 is 0 Å². The monoisotopic (exact) mass is 341 g/mol. The van der Waals surface area contributed by atoms with E-state index in [-0.39, 0.29) is 11.9 Å². The minimum Gasteiger partial charge on any atom is -0.306 e. The van der Waals surface area contributed by atoms with Gasteiger partial charge < -0.3 is 5.32 Å². The third-order valence-corrected chi connectivity index (χ3v) is 3.85. The molecule has 1 N–H and O–H groups in total. The Kier molecular flexibility index (Phi) is 4.97. The van der Waals surface area contributed by atoms with Crippen LogP contribution in [0.3, 0.4) is 0 Å². The molecule has 1 atom stereocenters. The zero-order valence-electron chi connectivity index (χ0n) is 10.5. The number of benzene rings is 2. The van der Waals surface area contributed by atoms with Gasteiger partial charge in [0.05, 0.1) is 0 Å². The van der Waals surface area contributed by atoms with Gasteiger partial charge in [0.1, 0.15) is 5.82 Å². The Bertz CT molecular complexity index is 554. The first-order valence-electron chi connectivity index (χ1n) is 5.99. The van der Waals surface area contributed by atoms with Gasteiger partial charge in [-0.1, -0.05) is 45.7 Å². The molecule has 0 aliphatic rings. The molecule has 0 saturated carbocycles. The van der Waals surface area contributed by atoms with E-state index in [9.17, 15) is 4.39 Å². The lowest BCUT2D eigenvalue weighted by atomic mass is 10.1. The van der Waals surface area contributed by atoms with Gasteiger partial charge in [0.2, 0.25) is 0 Å². The van der Waals surface area contributed by atoms with Gasteiger partial charge >= 0.3 is 0 Å². The van der Waals surface area contributed by atoms with Crippen molar-refractivity contribution in [3.05, 3.63) is 68.9 Å². The second-order valence-electron chi connectivity index (χ2n) is 4.40. The average molecular weight is 343 g/mol. The Morgan fingerprint density at radius 1 is 1.26 bits per heavy atom. The van der Waals surface area contributed by atoms with Crippen LogP contribution in [0.5, 0.6) is 0 Å². The summed E-state index contributed by atoms with van der Waals surface area (Å²) in [6, 6.07) is 12.8. The SMILES string of the molecule is CC(NCc1cc(F)cc(Cl)c1)c1ccccc1Br. The van der Waals surface area contributed by atoms with Crippen LogP contribution in [0.15, 0.2) is 46.9 Å². The third kappa shape index (κ3) is 4.03. The van der Waals surface area contributed by atoms with Crippen molar-refractivity contribution in [1.29, 1.82) is 0 Å². The fraction of sp³-hybridized carbons (Fsp3) is 0.200. The van der Waals surface area contributed by atoms with E-state index in [0.29, 0.717) is 11.6 Å². The Balaban J connectivity index is 2.04. The maximum absolute atomic E-state index is 13.2. The second kappa shape index (κ2) is 6.51. The maximum atomic E-state index is 13.2. The van der Waals surface area contributed by atoms with E-state index in [1.165, 1.54) is 17.7 Å². The molecule has 0 heterocycles. The van der Waals surface area contributed by atoms with Crippen molar-refractivity contribution in [1.82, 2.24) is 5.32 Å². The molecule has 1 unspecified atom stereocenters. The molecule has 0 fully saturated rings. The molecule has 4 heteroatoms. The van der Waals surface area contributed by atoms with Crippen molar-refractivity contribution in [2.45, 2.75) is 19.5 Å². The lowest BCUT2D eigenvalue weighted by molar-refractivity contribution is 0.567. The molecule has 2 rings (SSSR count). The van der Waals surface area contributed by atoms with Crippen LogP contribution in [0.1, 0.15) is 24.1 Å². The molecular formula is C15H14BrClFN. The highest BCUT2D eigenvalue weighted by molar-refractivity contribution is 9.10. The van der Waals surface area contributed by atoms with Gasteiger partial charge in [-0.15, -0.1) is 0 Å². The molecule has 100 valence electrons. The highest BCUT2D eigenvalue weighted by Gasteiger charge is 2.08. The number of halogens is 3. The highest BCUT2D eigenvalue weighted by Crippen LogP contribution is 2.23. The average Bonchev–Trinajstić information content (AvgIpc) is 2.35. The first-order valence-corrected chi connectivity index (χ1v) is 7.16. The van der Waals surface area contributed by atoms with Crippen molar-refractivity contribution in [3.8, 4) is 0 Å². The summed E-state index contributed by atoms with van der Waals surface area (Å²) in [5.74, 6) is -0.308. The standard InChI is InChI=1S/C15H14BrClFN/c1-10(14-4-2-3-5-15(14)16)19-9-11-6-12(17)8-13(18)7-11/h2-8,10,19H,9H2,1H3. The van der Waals surface area contributed by atoms with E-state index in [2.05, 4.69) is 34.2 Å². The number of hydrogen-bond donors (Lipinski definition) is 1. The Hall–Kier alpha value is -0.900. The highest BCUT2D eigenvalue weighted by atomic mass is 79.9. The topological polar surface area (TPSA) is 12.0 Å². The molecule has 2 aromatic carbocycles. The lowest BCUT2D eigenvalue weighted by Crippen LogP contribution is -2.18. The summed E-state index contributed by atoms with van der Waals surface area (Å²) in [7, 11) is 0. The Labute approximate surface area is 125 Å². The van der Waals surface area contributed by atoms with Crippen molar-refractivity contribution >= 4 is 27.5 Å². The fourth-order valence-corrected chi connectivity index (χ4v) is 2.79. The predicted molar refractivity (Wildman–Crippen MR) is 80.8 cm³/mol. The quantitative estimate of drug-likeness (QED) is 0.816. The van der Waals surface area contributed by atoms with Crippen LogP contribution in [-0.4, -0.2) is 0 Å². The first-order chi connectivity index (χ1) is 9.06. The smallest absolute Gasteiger partial charge is 0.125 e. The molecule has 0 bridgehead atoms. The summed E-state index contributed by atoms with van der Waals surface area (Å²) in [4.78, 5) is 0. The van der Waals surface area contributed by atoms with Crippen LogP contribution in [0, 0.1) is 5.82 Å². The minimum absolute atomic E-state index is 0.164. The molecule has 0 aromatic heterocycles. The van der Waals surface area contributed by atoms with Crippen molar-refractivity contribution in [3.63, 3.8) is 0 Å². The lowest BCUT2D eigenvalue weighted by Gasteiger charge is -2.16. The number of rotatable bonds is 4. The molecule has 0 spiro atoms. The van der Waals surface area contributed by atoms with Crippen molar-refractivity contribution in [2.24, 2.45) is 0 Å². The zero-order chi connectivity index (χ0) is 13.8. The molecule has 1 nitrogen and oxygen atoms in total. The summed E-state index contributed by atoms with van der Waals surface area (Å²) < 4.78 is 14.3. The van der Waals surface area contributed by atoms with Crippen LogP contribution >= 0.6 is 27.5 Å². The summed E-state index contributed by atoms with van der Waals surface area (Å²) in [5.41, 5.74) is 2.01. The molecule has 0 radical (unpaired) electrons. The molecule has 2 aromatic rings. The molecule has 0 saturated heterocycles. The second-order valence-corrected chi connectivity index (χ2v) is 5.69. The third-order valence-electron chi connectivity index (χ3n) is 2.91. The van der Waals surface area contributed by atoms with Crippen LogP contribution in [-0.2, 0) is 6.54 Å². The Morgan fingerprint density at radius 3 is 2.68 bits per heavy atom. The van der Waals surface area contributed by atoms with Gasteiger partial charge in [0.15, 0.2) is 0 Å². The minimum atomic E-state index is -0.308. The van der Waals surface area contributed by atoms with E-state index in [4.69, 9.17) is 11.6 Å². The van der Waals surface area contributed by atoms with E-state index in [1.807, 2.05) is 18.2 Å². The molecular weight excluding hydrogens is 329 g/mol. The molecule has 19 heavy (non-hydrogen) atoms. The van der Waals surface area contributed by atoms with Gasteiger partial charge in [0, 0.05) is 22.1 Å². The fourth-order valence-electron chi connectivity index (χ4n) is 1.92. The number of nitrogens with one attached hydrogen (secondary N) is 1. The summed E-state index contributed by atoms with van der Waals surface area (Å²) in [5, 5.41) is 3.78. The Morgan fingerprint density at radius 2 is 2.00 bits per heavy atom. The van der Waals surface area contributed by atoms with Crippen LogP contribution in [0.4, 0.5) is 4.39 Å². The predicted octanol–water partition coefficient (Wildman–Crippen LogP) is 5.09. The largest absolute Gasteiger partial charge is 0.306 e. The molecule has 0 amide bonds. The molecule has 0 aliphatic carbocycles. The first kappa shape index (κ1) is 14.5. The summed E-state index contributed by atoms with van der Waals surface area (Å²) >= 11 is 9.36. The summed E-state index contributed by atoms with van der Waals surface area (Å²) in [6.45, 7) is 2.64. The zero-order valence-corrected chi connectivity index (χ0v) is 12.8. The molecule has 0 aliphatic heterocycles. The van der Waals surface area contributed by atoms with Crippen LogP contribution < -0.4 is 5.32 Å². The summed E-state index contributed by atoms with van der Waals surface area (Å²) in [6.07, 6.45) is 0. The van der Waals surface area contributed by atoms with Gasteiger partial charge in [-0.3, -0.25) is 0 Å².